The third-order valence-corrected chi connectivity index (χ3v) is 5.29. The number of ether oxygens (including phenoxy) is 2. The Balaban J connectivity index is 1.90. The molecule has 2 rings (SSSR count). The van der Waals surface area contributed by atoms with Crippen LogP contribution in [0.15, 0.2) is 24.3 Å². The molecule has 1 aromatic rings. The predicted molar refractivity (Wildman–Crippen MR) is 123 cm³/mol. The van der Waals surface area contributed by atoms with Crippen molar-refractivity contribution in [2.75, 3.05) is 32.2 Å². The van der Waals surface area contributed by atoms with E-state index in [1.54, 1.807) is 20.8 Å². The average molecular weight is 434 g/mol. The van der Waals surface area contributed by atoms with E-state index in [1.807, 2.05) is 43.3 Å². The van der Waals surface area contributed by atoms with Gasteiger partial charge in [0, 0.05) is 32.9 Å². The van der Waals surface area contributed by atoms with Gasteiger partial charge in [-0.05, 0) is 57.2 Å². The van der Waals surface area contributed by atoms with Crippen LogP contribution in [0.25, 0.3) is 0 Å². The molecule has 0 aliphatic heterocycles. The average Bonchev–Trinajstić information content (AvgIpc) is 2.71. The van der Waals surface area contributed by atoms with Gasteiger partial charge < -0.3 is 25.0 Å². The summed E-state index contributed by atoms with van der Waals surface area (Å²) in [5.74, 6) is 0.250. The molecule has 2 N–H and O–H groups in total. The first-order valence-electron chi connectivity index (χ1n) is 11.3. The first-order chi connectivity index (χ1) is 14.6. The smallest absolute Gasteiger partial charge is 0.408 e. The van der Waals surface area contributed by atoms with Crippen LogP contribution in [0.1, 0.15) is 58.4 Å². The molecule has 0 radical (unpaired) electrons. The Morgan fingerprint density at radius 2 is 1.74 bits per heavy atom. The number of nitrogens with zero attached hydrogens (tertiary/aromatic N) is 1. The molecule has 0 saturated heterocycles. The zero-order chi connectivity index (χ0) is 22.9. The number of alkyl carbamates (subject to hydrolysis) is 1. The molecule has 0 heterocycles. The lowest BCUT2D eigenvalue weighted by Crippen LogP contribution is -2.50. The van der Waals surface area contributed by atoms with Gasteiger partial charge in [-0.25, -0.2) is 4.79 Å². The summed E-state index contributed by atoms with van der Waals surface area (Å²) in [5.41, 5.74) is 1.44. The molecule has 0 spiro atoms. The molecular formula is C24H39N3O4. The van der Waals surface area contributed by atoms with Crippen LogP contribution in [0.5, 0.6) is 0 Å². The van der Waals surface area contributed by atoms with Crippen molar-refractivity contribution in [3.63, 3.8) is 0 Å². The number of anilines is 1. The fraction of sp³-hybridized carbons (Fsp3) is 0.667. The highest BCUT2D eigenvalue weighted by Gasteiger charge is 2.25. The van der Waals surface area contributed by atoms with Crippen LogP contribution >= 0.6 is 0 Å². The Labute approximate surface area is 186 Å². The van der Waals surface area contributed by atoms with E-state index in [0.717, 1.165) is 11.3 Å². The molecule has 0 bridgehead atoms. The molecule has 1 aromatic carbocycles. The lowest BCUT2D eigenvalue weighted by molar-refractivity contribution is -0.125. The van der Waals surface area contributed by atoms with Gasteiger partial charge in [0.15, 0.2) is 0 Å². The maximum Gasteiger partial charge on any atom is 0.408 e. The number of nitrogens with one attached hydrogen (secondary N) is 2. The molecule has 1 saturated carbocycles. The number of carbonyl (C=O) groups is 2. The van der Waals surface area contributed by atoms with Gasteiger partial charge in [0.25, 0.3) is 0 Å². The van der Waals surface area contributed by atoms with E-state index in [2.05, 4.69) is 10.6 Å². The molecule has 1 atom stereocenters. The van der Waals surface area contributed by atoms with Crippen LogP contribution in [0.3, 0.4) is 0 Å². The number of hydrogen-bond acceptors (Lipinski definition) is 5. The summed E-state index contributed by atoms with van der Waals surface area (Å²) in [6.45, 7) is 6.49. The van der Waals surface area contributed by atoms with Gasteiger partial charge in [-0.1, -0.05) is 31.4 Å². The van der Waals surface area contributed by atoms with Gasteiger partial charge in [0.05, 0.1) is 6.61 Å². The Morgan fingerprint density at radius 1 is 1.10 bits per heavy atom. The number of hydrogen-bond donors (Lipinski definition) is 2. The minimum absolute atomic E-state index is 0.126. The molecule has 0 unspecified atom stereocenters. The molecule has 0 aromatic heterocycles. The van der Waals surface area contributed by atoms with Gasteiger partial charge in [-0.3, -0.25) is 4.79 Å². The lowest BCUT2D eigenvalue weighted by atomic mass is 9.90. The minimum atomic E-state index is -0.806. The normalized spacial score (nSPS) is 15.8. The van der Waals surface area contributed by atoms with Gasteiger partial charge in [0.1, 0.15) is 11.6 Å². The van der Waals surface area contributed by atoms with E-state index in [0.29, 0.717) is 19.1 Å². The van der Waals surface area contributed by atoms with Crippen LogP contribution in [0.4, 0.5) is 10.5 Å². The first-order valence-corrected chi connectivity index (χ1v) is 11.3. The van der Waals surface area contributed by atoms with Crippen molar-refractivity contribution in [2.24, 2.45) is 5.92 Å². The van der Waals surface area contributed by atoms with Crippen LogP contribution < -0.4 is 15.5 Å². The summed E-state index contributed by atoms with van der Waals surface area (Å²) in [7, 11) is 3.97. The molecule has 2 amide bonds. The quantitative estimate of drug-likeness (QED) is 0.618. The summed E-state index contributed by atoms with van der Waals surface area (Å²) in [5, 5.41) is 5.57. The monoisotopic (exact) mass is 433 g/mol. The summed E-state index contributed by atoms with van der Waals surface area (Å²) in [6, 6.07) is 7.16. The topological polar surface area (TPSA) is 79.9 Å². The van der Waals surface area contributed by atoms with Crippen molar-refractivity contribution in [3.8, 4) is 0 Å². The Morgan fingerprint density at radius 3 is 2.32 bits per heavy atom. The van der Waals surface area contributed by atoms with Crippen molar-refractivity contribution in [2.45, 2.75) is 71.1 Å². The first kappa shape index (κ1) is 25.0. The van der Waals surface area contributed by atoms with Crippen LogP contribution in [-0.2, 0) is 20.8 Å². The summed E-state index contributed by atoms with van der Waals surface area (Å²) >= 11 is 0. The molecule has 174 valence electrons. The molecule has 1 aliphatic carbocycles. The highest BCUT2D eigenvalue weighted by molar-refractivity contribution is 5.85. The van der Waals surface area contributed by atoms with E-state index in [1.165, 1.54) is 32.1 Å². The summed E-state index contributed by atoms with van der Waals surface area (Å²) in [6.07, 6.45) is 5.47. The Bertz CT molecular complexity index is 692. The van der Waals surface area contributed by atoms with E-state index in [9.17, 15) is 9.59 Å². The van der Waals surface area contributed by atoms with E-state index < -0.39 is 17.7 Å². The largest absolute Gasteiger partial charge is 0.444 e. The fourth-order valence-electron chi connectivity index (χ4n) is 3.56. The number of amides is 2. The molecule has 1 fully saturated rings. The van der Waals surface area contributed by atoms with Crippen LogP contribution in [0, 0.1) is 5.92 Å². The van der Waals surface area contributed by atoms with Gasteiger partial charge in [0.2, 0.25) is 5.91 Å². The SMILES string of the molecule is CN(C)c1ccc(CNC(=O)[C@H](COCC2CCCCC2)NC(=O)OC(C)(C)C)cc1. The highest BCUT2D eigenvalue weighted by Crippen LogP contribution is 2.23. The molecule has 31 heavy (non-hydrogen) atoms. The van der Waals surface area contributed by atoms with Crippen molar-refractivity contribution in [3.05, 3.63) is 29.8 Å². The van der Waals surface area contributed by atoms with Crippen LogP contribution in [-0.4, -0.2) is 51.0 Å². The second-order valence-electron chi connectivity index (χ2n) is 9.52. The molecular weight excluding hydrogens is 394 g/mol. The second kappa shape index (κ2) is 11.9. The zero-order valence-electron chi connectivity index (χ0n) is 19.7. The predicted octanol–water partition coefficient (Wildman–Crippen LogP) is 3.86. The third kappa shape index (κ3) is 9.59. The van der Waals surface area contributed by atoms with Gasteiger partial charge in [-0.2, -0.15) is 0 Å². The summed E-state index contributed by atoms with van der Waals surface area (Å²) in [4.78, 5) is 27.1. The minimum Gasteiger partial charge on any atom is -0.444 e. The lowest BCUT2D eigenvalue weighted by Gasteiger charge is -2.25. The number of carbonyl (C=O) groups excluding carboxylic acids is 2. The van der Waals surface area contributed by atoms with Crippen molar-refractivity contribution >= 4 is 17.7 Å². The van der Waals surface area contributed by atoms with Crippen molar-refractivity contribution in [1.82, 2.24) is 10.6 Å². The standard InChI is InChI=1S/C24H39N3O4/c1-24(2,3)31-23(29)26-21(17-30-16-19-9-7-6-8-10-19)22(28)25-15-18-11-13-20(14-12-18)27(4)5/h11-14,19,21H,6-10,15-17H2,1-5H3,(H,25,28)(H,26,29)/t21-/m0/s1. The third-order valence-electron chi connectivity index (χ3n) is 5.29. The number of rotatable bonds is 9. The summed E-state index contributed by atoms with van der Waals surface area (Å²) < 4.78 is 11.2. The van der Waals surface area contributed by atoms with Gasteiger partial charge >= 0.3 is 6.09 Å². The van der Waals surface area contributed by atoms with Crippen LogP contribution in [0.2, 0.25) is 0 Å². The maximum absolute atomic E-state index is 12.8. The van der Waals surface area contributed by atoms with E-state index >= 15 is 0 Å². The van der Waals surface area contributed by atoms with Gasteiger partial charge in [-0.15, -0.1) is 0 Å². The van der Waals surface area contributed by atoms with Crippen molar-refractivity contribution < 1.29 is 19.1 Å². The van der Waals surface area contributed by atoms with E-state index in [4.69, 9.17) is 9.47 Å². The van der Waals surface area contributed by atoms with Crippen molar-refractivity contribution in [1.29, 1.82) is 0 Å². The molecule has 1 aliphatic rings. The molecule has 7 heteroatoms. The highest BCUT2D eigenvalue weighted by atomic mass is 16.6. The van der Waals surface area contributed by atoms with E-state index in [-0.39, 0.29) is 12.5 Å². The Kier molecular flexibility index (Phi) is 9.62. The zero-order valence-corrected chi connectivity index (χ0v) is 19.7. The maximum atomic E-state index is 12.8. The number of benzene rings is 1. The second-order valence-corrected chi connectivity index (χ2v) is 9.52. The fourth-order valence-corrected chi connectivity index (χ4v) is 3.56. The Hall–Kier alpha value is -2.28. The molecule has 7 nitrogen and oxygen atoms in total.